The van der Waals surface area contributed by atoms with E-state index in [0.29, 0.717) is 0 Å². The summed E-state index contributed by atoms with van der Waals surface area (Å²) in [6, 6.07) is 8.68. The number of hydrogen-bond donors (Lipinski definition) is 2. The molecule has 144 valence electrons. The zero-order valence-corrected chi connectivity index (χ0v) is 16.3. The molecule has 0 bridgehead atoms. The number of fused-ring (bicyclic) bond motifs is 4. The van der Waals surface area contributed by atoms with Crippen LogP contribution in [0.15, 0.2) is 30.6 Å². The number of aromatic nitrogens is 3. The number of nitrogens with zero attached hydrogens (tertiary/aromatic N) is 3. The lowest BCUT2D eigenvalue weighted by molar-refractivity contribution is -0.125. The summed E-state index contributed by atoms with van der Waals surface area (Å²) in [6.07, 6.45) is 5.15. The third kappa shape index (κ3) is 2.75. The fraction of sp³-hybridized carbons (Fsp3) is 0.409. The van der Waals surface area contributed by atoms with E-state index in [4.69, 9.17) is 0 Å². The molecule has 2 N–H and O–H groups in total. The van der Waals surface area contributed by atoms with Crippen LogP contribution in [0, 0.1) is 5.92 Å². The molecule has 28 heavy (non-hydrogen) atoms. The summed E-state index contributed by atoms with van der Waals surface area (Å²) in [6.45, 7) is 4.94. The summed E-state index contributed by atoms with van der Waals surface area (Å²) >= 11 is 0. The van der Waals surface area contributed by atoms with Crippen LogP contribution in [0.2, 0.25) is 0 Å². The standard InChI is InChI=1S/C22H25N5O/c1-13(2)25-22(28)15-7-8-17-16(11-15)19-20(26-17)23-12-24-21(19)27-10-9-14-5-3-4-6-18(14)27/h3-6,12-13,15H,7-11H2,1-2H3,(H,25,28)(H,23,24,26)/t15-/m0/s1. The Labute approximate surface area is 164 Å². The lowest BCUT2D eigenvalue weighted by atomic mass is 9.85. The van der Waals surface area contributed by atoms with Crippen LogP contribution in [0.1, 0.15) is 37.1 Å². The van der Waals surface area contributed by atoms with Crippen molar-refractivity contribution in [3.05, 3.63) is 47.4 Å². The molecule has 0 saturated heterocycles. The maximum Gasteiger partial charge on any atom is 0.223 e. The first-order chi connectivity index (χ1) is 13.6. The Morgan fingerprint density at radius 3 is 2.96 bits per heavy atom. The second-order valence-electron chi connectivity index (χ2n) is 8.14. The Morgan fingerprint density at radius 1 is 1.25 bits per heavy atom. The summed E-state index contributed by atoms with van der Waals surface area (Å²) in [7, 11) is 0. The normalized spacial score (nSPS) is 18.4. The Hall–Kier alpha value is -2.89. The average molecular weight is 375 g/mol. The van der Waals surface area contributed by atoms with E-state index >= 15 is 0 Å². The largest absolute Gasteiger partial charge is 0.354 e. The SMILES string of the molecule is CC(C)NC(=O)[C@H]1CCc2[nH]c3ncnc(N4CCc5ccccc54)c3c2C1. The maximum atomic E-state index is 12.6. The quantitative estimate of drug-likeness (QED) is 0.737. The lowest BCUT2D eigenvalue weighted by Gasteiger charge is -2.24. The van der Waals surface area contributed by atoms with Gasteiger partial charge in [-0.3, -0.25) is 4.79 Å². The first-order valence-corrected chi connectivity index (χ1v) is 10.1. The highest BCUT2D eigenvalue weighted by atomic mass is 16.1. The molecule has 0 fully saturated rings. The number of H-pyrrole nitrogens is 1. The maximum absolute atomic E-state index is 12.6. The first-order valence-electron chi connectivity index (χ1n) is 10.1. The van der Waals surface area contributed by atoms with Gasteiger partial charge in [0, 0.05) is 29.9 Å². The van der Waals surface area contributed by atoms with Crippen LogP contribution in [-0.2, 0) is 24.1 Å². The fourth-order valence-corrected chi connectivity index (χ4v) is 4.61. The molecule has 2 aliphatic rings. The molecule has 1 aliphatic carbocycles. The molecule has 5 rings (SSSR count). The number of aromatic amines is 1. The van der Waals surface area contributed by atoms with Crippen molar-refractivity contribution in [2.24, 2.45) is 5.92 Å². The van der Waals surface area contributed by atoms with Crippen molar-refractivity contribution in [3.8, 4) is 0 Å². The van der Waals surface area contributed by atoms with Crippen LogP contribution < -0.4 is 10.2 Å². The molecule has 1 amide bonds. The summed E-state index contributed by atoms with van der Waals surface area (Å²) in [4.78, 5) is 27.6. The van der Waals surface area contributed by atoms with Crippen molar-refractivity contribution in [2.75, 3.05) is 11.4 Å². The fourth-order valence-electron chi connectivity index (χ4n) is 4.61. The van der Waals surface area contributed by atoms with Crippen molar-refractivity contribution in [3.63, 3.8) is 0 Å². The zero-order chi connectivity index (χ0) is 19.3. The van der Waals surface area contributed by atoms with E-state index in [1.165, 1.54) is 22.5 Å². The number of amides is 1. The van der Waals surface area contributed by atoms with Crippen LogP contribution in [0.3, 0.4) is 0 Å². The van der Waals surface area contributed by atoms with E-state index < -0.39 is 0 Å². The van der Waals surface area contributed by atoms with Crippen LogP contribution in [0.5, 0.6) is 0 Å². The molecular weight excluding hydrogens is 350 g/mol. The van der Waals surface area contributed by atoms with E-state index in [2.05, 4.69) is 49.4 Å². The van der Waals surface area contributed by atoms with Gasteiger partial charge in [-0.2, -0.15) is 0 Å². The number of carbonyl (C=O) groups excluding carboxylic acids is 1. The number of para-hydroxylation sites is 1. The Bertz CT molecular complexity index is 1050. The van der Waals surface area contributed by atoms with E-state index in [0.717, 1.165) is 49.1 Å². The van der Waals surface area contributed by atoms with Gasteiger partial charge in [0.05, 0.1) is 5.39 Å². The van der Waals surface area contributed by atoms with Crippen molar-refractivity contribution in [1.82, 2.24) is 20.3 Å². The average Bonchev–Trinajstić information content (AvgIpc) is 3.28. The Kier molecular flexibility index (Phi) is 4.07. The van der Waals surface area contributed by atoms with Gasteiger partial charge in [0.25, 0.3) is 0 Å². The number of anilines is 2. The number of nitrogens with one attached hydrogen (secondary N) is 2. The summed E-state index contributed by atoms with van der Waals surface area (Å²) < 4.78 is 0. The van der Waals surface area contributed by atoms with Gasteiger partial charge in [-0.15, -0.1) is 0 Å². The molecule has 6 nitrogen and oxygen atoms in total. The minimum absolute atomic E-state index is 0.00724. The van der Waals surface area contributed by atoms with E-state index in [1.54, 1.807) is 6.33 Å². The van der Waals surface area contributed by atoms with Gasteiger partial charge in [-0.25, -0.2) is 9.97 Å². The summed E-state index contributed by atoms with van der Waals surface area (Å²) in [5.41, 5.74) is 5.88. The molecule has 0 spiro atoms. The van der Waals surface area contributed by atoms with Crippen LogP contribution in [0.25, 0.3) is 11.0 Å². The van der Waals surface area contributed by atoms with Crippen LogP contribution in [0.4, 0.5) is 11.5 Å². The van der Waals surface area contributed by atoms with Crippen molar-refractivity contribution in [1.29, 1.82) is 0 Å². The van der Waals surface area contributed by atoms with Crippen LogP contribution in [-0.4, -0.2) is 33.4 Å². The second-order valence-corrected chi connectivity index (χ2v) is 8.14. The second kappa shape index (κ2) is 6.62. The van der Waals surface area contributed by atoms with Crippen molar-refractivity contribution < 1.29 is 4.79 Å². The minimum atomic E-state index is 0.00724. The first kappa shape index (κ1) is 17.2. The Balaban J connectivity index is 1.57. The van der Waals surface area contributed by atoms with Gasteiger partial charge >= 0.3 is 0 Å². The molecule has 1 aliphatic heterocycles. The third-order valence-electron chi connectivity index (χ3n) is 5.90. The van der Waals surface area contributed by atoms with Gasteiger partial charge < -0.3 is 15.2 Å². The zero-order valence-electron chi connectivity index (χ0n) is 16.3. The predicted octanol–water partition coefficient (Wildman–Crippen LogP) is 3.28. The minimum Gasteiger partial charge on any atom is -0.354 e. The molecule has 0 unspecified atom stereocenters. The van der Waals surface area contributed by atoms with E-state index in [9.17, 15) is 4.79 Å². The lowest BCUT2D eigenvalue weighted by Crippen LogP contribution is -2.37. The molecule has 3 heterocycles. The number of hydrogen-bond acceptors (Lipinski definition) is 4. The Morgan fingerprint density at radius 2 is 2.11 bits per heavy atom. The third-order valence-corrected chi connectivity index (χ3v) is 5.90. The topological polar surface area (TPSA) is 73.9 Å². The van der Waals surface area contributed by atoms with Crippen molar-refractivity contribution >= 4 is 28.4 Å². The molecule has 1 atom stereocenters. The molecular formula is C22H25N5O. The predicted molar refractivity (Wildman–Crippen MR) is 110 cm³/mol. The van der Waals surface area contributed by atoms with E-state index in [1.807, 2.05) is 13.8 Å². The monoisotopic (exact) mass is 375 g/mol. The van der Waals surface area contributed by atoms with Crippen LogP contribution >= 0.6 is 0 Å². The smallest absolute Gasteiger partial charge is 0.223 e. The van der Waals surface area contributed by atoms with Gasteiger partial charge in [-0.05, 0) is 56.7 Å². The molecule has 1 aromatic carbocycles. The van der Waals surface area contributed by atoms with Gasteiger partial charge in [0.2, 0.25) is 5.91 Å². The molecule has 3 aromatic rings. The molecule has 6 heteroatoms. The molecule has 0 saturated carbocycles. The van der Waals surface area contributed by atoms with Crippen molar-refractivity contribution in [2.45, 2.75) is 45.6 Å². The molecule has 2 aromatic heterocycles. The highest BCUT2D eigenvalue weighted by Crippen LogP contribution is 2.40. The summed E-state index contributed by atoms with van der Waals surface area (Å²) in [5, 5.41) is 4.16. The number of benzene rings is 1. The highest BCUT2D eigenvalue weighted by molar-refractivity contribution is 5.95. The summed E-state index contributed by atoms with van der Waals surface area (Å²) in [5.74, 6) is 1.12. The molecule has 0 radical (unpaired) electrons. The number of rotatable bonds is 3. The number of aryl methyl sites for hydroxylation is 1. The highest BCUT2D eigenvalue weighted by Gasteiger charge is 2.31. The van der Waals surface area contributed by atoms with E-state index in [-0.39, 0.29) is 17.9 Å². The number of carbonyl (C=O) groups is 1. The van der Waals surface area contributed by atoms with Gasteiger partial charge in [0.1, 0.15) is 17.8 Å². The van der Waals surface area contributed by atoms with Gasteiger partial charge in [-0.1, -0.05) is 18.2 Å². The van der Waals surface area contributed by atoms with Gasteiger partial charge in [0.15, 0.2) is 0 Å².